The first-order chi connectivity index (χ1) is 14.0. The fourth-order valence-corrected chi connectivity index (χ4v) is 4.93. The molecule has 4 heterocycles. The van der Waals surface area contributed by atoms with E-state index in [2.05, 4.69) is 26.6 Å². The molecule has 3 aromatic heterocycles. The first-order valence-electron chi connectivity index (χ1n) is 9.41. The van der Waals surface area contributed by atoms with Crippen LogP contribution in [0.5, 0.6) is 5.75 Å². The molecule has 3 aromatic rings. The largest absolute Gasteiger partial charge is 0.573 e. The predicted molar refractivity (Wildman–Crippen MR) is 102 cm³/mol. The molecular formula is C18H20F3N5O3S. The number of alkyl halides is 3. The maximum atomic E-state index is 12.9. The molecule has 0 radical (unpaired) electrons. The quantitative estimate of drug-likeness (QED) is 0.615. The second-order valence-electron chi connectivity index (χ2n) is 7.39. The molecule has 0 aliphatic carbocycles. The van der Waals surface area contributed by atoms with E-state index >= 15 is 0 Å². The highest BCUT2D eigenvalue weighted by molar-refractivity contribution is 7.91. The zero-order valence-electron chi connectivity index (χ0n) is 16.6. The molecular weight excluding hydrogens is 423 g/mol. The third kappa shape index (κ3) is 3.53. The van der Waals surface area contributed by atoms with Crippen LogP contribution in [0.1, 0.15) is 26.1 Å². The number of halogens is 3. The van der Waals surface area contributed by atoms with Gasteiger partial charge in [0.25, 0.3) is 0 Å². The number of pyridine rings is 1. The first-order valence-corrected chi connectivity index (χ1v) is 11.1. The summed E-state index contributed by atoms with van der Waals surface area (Å²) in [4.78, 5) is 13.0. The van der Waals surface area contributed by atoms with Crippen LogP contribution in [-0.4, -0.2) is 44.6 Å². The maximum absolute atomic E-state index is 12.9. The Labute approximate surface area is 170 Å². The lowest BCUT2D eigenvalue weighted by atomic mass is 10.0. The zero-order chi connectivity index (χ0) is 21.8. The van der Waals surface area contributed by atoms with E-state index in [0.29, 0.717) is 30.4 Å². The molecule has 4 rings (SSSR count). The van der Waals surface area contributed by atoms with Crippen LogP contribution in [0.4, 0.5) is 13.2 Å². The van der Waals surface area contributed by atoms with Gasteiger partial charge in [0.1, 0.15) is 22.8 Å². The minimum Gasteiger partial charge on any atom is -0.404 e. The number of imidazole rings is 2. The van der Waals surface area contributed by atoms with Crippen molar-refractivity contribution < 1.29 is 26.3 Å². The highest BCUT2D eigenvalue weighted by atomic mass is 32.2. The van der Waals surface area contributed by atoms with E-state index in [1.54, 1.807) is 18.5 Å². The second-order valence-corrected chi connectivity index (χ2v) is 9.58. The summed E-state index contributed by atoms with van der Waals surface area (Å²) in [6.07, 6.45) is -2.44. The van der Waals surface area contributed by atoms with Crippen LogP contribution >= 0.6 is 0 Å². The number of sulfone groups is 1. The van der Waals surface area contributed by atoms with E-state index in [0.717, 1.165) is 18.7 Å². The van der Waals surface area contributed by atoms with E-state index in [4.69, 9.17) is 0 Å². The van der Waals surface area contributed by atoms with Crippen molar-refractivity contribution >= 4 is 21.0 Å². The molecule has 0 amide bonds. The average Bonchev–Trinajstić information content (AvgIpc) is 3.18. The number of rotatable bonds is 4. The molecule has 0 bridgehead atoms. The molecule has 12 heteroatoms. The normalized spacial score (nSPS) is 17.3. The van der Waals surface area contributed by atoms with Crippen molar-refractivity contribution in [2.24, 2.45) is 13.0 Å². The van der Waals surface area contributed by atoms with Crippen molar-refractivity contribution in [3.63, 3.8) is 0 Å². The molecule has 1 unspecified atom stereocenters. The van der Waals surface area contributed by atoms with Crippen molar-refractivity contribution in [3.05, 3.63) is 18.1 Å². The van der Waals surface area contributed by atoms with Crippen molar-refractivity contribution in [2.75, 3.05) is 5.75 Å². The number of hydrogen-bond donors (Lipinski definition) is 0. The molecule has 1 aliphatic rings. The fraction of sp³-hybridized carbons (Fsp3) is 0.500. The summed E-state index contributed by atoms with van der Waals surface area (Å²) in [6, 6.07) is 1.12. The Morgan fingerprint density at radius 2 is 2.03 bits per heavy atom. The Hall–Kier alpha value is -2.63. The number of aryl methyl sites for hydroxylation is 1. The maximum Gasteiger partial charge on any atom is 0.573 e. The van der Waals surface area contributed by atoms with Crippen molar-refractivity contribution in [1.29, 1.82) is 0 Å². The molecule has 0 fully saturated rings. The summed E-state index contributed by atoms with van der Waals surface area (Å²) in [5.41, 5.74) is 0.631. The Balaban J connectivity index is 1.91. The van der Waals surface area contributed by atoms with Gasteiger partial charge in [-0.3, -0.25) is 0 Å². The summed E-state index contributed by atoms with van der Waals surface area (Å²) in [5.74, 6) is 0.653. The van der Waals surface area contributed by atoms with Crippen LogP contribution in [0, 0.1) is 5.92 Å². The van der Waals surface area contributed by atoms with Crippen LogP contribution in [0.2, 0.25) is 0 Å². The van der Waals surface area contributed by atoms with Crippen LogP contribution < -0.4 is 4.74 Å². The second kappa shape index (κ2) is 6.96. The van der Waals surface area contributed by atoms with Gasteiger partial charge in [-0.05, 0) is 12.3 Å². The van der Waals surface area contributed by atoms with Crippen molar-refractivity contribution in [3.8, 4) is 17.3 Å². The monoisotopic (exact) mass is 443 g/mol. The standard InChI is InChI=1S/C18H20F3N5O3S/c1-4-30(27,28)17-14(24-13-7-10(2)5-6-26(13)17)16-23-12-8-11(29-18(19,20)21)9-22-15(12)25(16)3/h8-10H,4-7H2,1-3H3. The van der Waals surface area contributed by atoms with E-state index in [9.17, 15) is 21.6 Å². The molecule has 0 aromatic carbocycles. The topological polar surface area (TPSA) is 91.9 Å². The molecule has 0 N–H and O–H groups in total. The number of ether oxygens (including phenoxy) is 1. The molecule has 0 saturated heterocycles. The highest BCUT2D eigenvalue weighted by Gasteiger charge is 2.33. The Morgan fingerprint density at radius 1 is 1.30 bits per heavy atom. The van der Waals surface area contributed by atoms with Gasteiger partial charge >= 0.3 is 6.36 Å². The molecule has 0 saturated carbocycles. The molecule has 30 heavy (non-hydrogen) atoms. The number of fused-ring (bicyclic) bond motifs is 2. The van der Waals surface area contributed by atoms with E-state index in [1.807, 2.05) is 0 Å². The van der Waals surface area contributed by atoms with Crippen molar-refractivity contribution in [2.45, 2.75) is 44.6 Å². The Morgan fingerprint density at radius 3 is 2.70 bits per heavy atom. The number of nitrogens with zero attached hydrogens (tertiary/aromatic N) is 5. The van der Waals surface area contributed by atoms with Gasteiger partial charge < -0.3 is 13.9 Å². The van der Waals surface area contributed by atoms with Crippen molar-refractivity contribution in [1.82, 2.24) is 24.1 Å². The van der Waals surface area contributed by atoms with Crippen LogP contribution in [0.25, 0.3) is 22.7 Å². The molecule has 8 nitrogen and oxygen atoms in total. The number of hydrogen-bond acceptors (Lipinski definition) is 6. The highest BCUT2D eigenvalue weighted by Crippen LogP contribution is 2.34. The van der Waals surface area contributed by atoms with E-state index in [-0.39, 0.29) is 27.8 Å². The van der Waals surface area contributed by atoms with Gasteiger partial charge in [0.2, 0.25) is 0 Å². The molecule has 1 aliphatic heterocycles. The molecule has 0 spiro atoms. The van der Waals surface area contributed by atoms with Gasteiger partial charge in [0, 0.05) is 26.1 Å². The lowest BCUT2D eigenvalue weighted by molar-refractivity contribution is -0.274. The first kappa shape index (κ1) is 20.6. The SMILES string of the molecule is CCS(=O)(=O)c1c(-c2nc3cc(OC(F)(F)F)cnc3n2C)nc2n1CCC(C)C2. The minimum absolute atomic E-state index is 0.0945. The predicted octanol–water partition coefficient (Wildman–Crippen LogP) is 3.11. The smallest absolute Gasteiger partial charge is 0.404 e. The summed E-state index contributed by atoms with van der Waals surface area (Å²) >= 11 is 0. The van der Waals surface area contributed by atoms with E-state index in [1.165, 1.54) is 4.57 Å². The van der Waals surface area contributed by atoms with Gasteiger partial charge in [-0.25, -0.2) is 23.4 Å². The van der Waals surface area contributed by atoms with Gasteiger partial charge in [0.15, 0.2) is 26.3 Å². The van der Waals surface area contributed by atoms with E-state index < -0.39 is 21.9 Å². The lowest BCUT2D eigenvalue weighted by Gasteiger charge is -2.21. The number of aromatic nitrogens is 5. The summed E-state index contributed by atoms with van der Waals surface area (Å²) < 4.78 is 70.5. The average molecular weight is 443 g/mol. The fourth-order valence-electron chi connectivity index (χ4n) is 3.69. The van der Waals surface area contributed by atoms with Gasteiger partial charge in [-0.1, -0.05) is 13.8 Å². The van der Waals surface area contributed by atoms with Gasteiger partial charge in [-0.15, -0.1) is 13.2 Å². The summed E-state index contributed by atoms with van der Waals surface area (Å²) in [5, 5.41) is 0.0945. The lowest BCUT2D eigenvalue weighted by Crippen LogP contribution is -2.21. The third-order valence-corrected chi connectivity index (χ3v) is 6.94. The summed E-state index contributed by atoms with van der Waals surface area (Å²) in [7, 11) is -2.01. The Bertz CT molecular complexity index is 1230. The minimum atomic E-state index is -4.85. The zero-order valence-corrected chi connectivity index (χ0v) is 17.4. The van der Waals surface area contributed by atoms with Gasteiger partial charge in [0.05, 0.1) is 11.9 Å². The van der Waals surface area contributed by atoms with Crippen LogP contribution in [0.15, 0.2) is 17.3 Å². The third-order valence-electron chi connectivity index (χ3n) is 5.18. The Kier molecular flexibility index (Phi) is 4.79. The van der Waals surface area contributed by atoms with Crippen LogP contribution in [0.3, 0.4) is 0 Å². The molecule has 162 valence electrons. The summed E-state index contributed by atoms with van der Waals surface area (Å²) in [6.45, 7) is 4.17. The molecule has 1 atom stereocenters. The van der Waals surface area contributed by atoms with Gasteiger partial charge in [-0.2, -0.15) is 0 Å². The van der Waals surface area contributed by atoms with Crippen LogP contribution in [-0.2, 0) is 29.9 Å².